The zero-order valence-corrected chi connectivity index (χ0v) is 10.00. The van der Waals surface area contributed by atoms with Crippen LogP contribution in [0.5, 0.6) is 0 Å². The third-order valence-electron chi connectivity index (χ3n) is 2.53. The first-order valence-corrected chi connectivity index (χ1v) is 5.57. The molecule has 18 heavy (non-hydrogen) atoms. The second-order valence-corrected chi connectivity index (χ2v) is 3.84. The second kappa shape index (κ2) is 5.42. The Bertz CT molecular complexity index is 568. The predicted molar refractivity (Wildman–Crippen MR) is 68.4 cm³/mol. The van der Waals surface area contributed by atoms with E-state index in [4.69, 9.17) is 5.11 Å². The molecular formula is C12H14N4O2. The Hall–Kier alpha value is -2.21. The summed E-state index contributed by atoms with van der Waals surface area (Å²) in [5.74, 6) is 0.341. The highest BCUT2D eigenvalue weighted by molar-refractivity contribution is 5.57. The van der Waals surface area contributed by atoms with E-state index < -0.39 is 0 Å². The molecule has 0 aliphatic carbocycles. The fourth-order valence-electron chi connectivity index (χ4n) is 1.54. The monoisotopic (exact) mass is 246 g/mol. The lowest BCUT2D eigenvalue weighted by Gasteiger charge is -2.14. The van der Waals surface area contributed by atoms with Crippen molar-refractivity contribution in [1.82, 2.24) is 15.2 Å². The highest BCUT2D eigenvalue weighted by Gasteiger charge is 2.09. The lowest BCUT2D eigenvalue weighted by molar-refractivity contribution is 0.303. The summed E-state index contributed by atoms with van der Waals surface area (Å²) in [5, 5.41) is 16.7. The van der Waals surface area contributed by atoms with Crippen molar-refractivity contribution in [2.75, 3.05) is 25.1 Å². The van der Waals surface area contributed by atoms with Gasteiger partial charge < -0.3 is 10.0 Å². The number of aliphatic hydroxyl groups excluding tert-OH is 1. The average molecular weight is 246 g/mol. The van der Waals surface area contributed by atoms with Gasteiger partial charge in [-0.1, -0.05) is 30.3 Å². The molecule has 1 aromatic carbocycles. The van der Waals surface area contributed by atoms with Gasteiger partial charge in [-0.05, 0) is 0 Å². The molecule has 1 heterocycles. The van der Waals surface area contributed by atoms with Crippen LogP contribution >= 0.6 is 0 Å². The van der Waals surface area contributed by atoms with Crippen LogP contribution in [0.2, 0.25) is 0 Å². The van der Waals surface area contributed by atoms with Crippen molar-refractivity contribution in [1.29, 1.82) is 0 Å². The van der Waals surface area contributed by atoms with Crippen LogP contribution in [0.4, 0.5) is 5.95 Å². The van der Waals surface area contributed by atoms with Crippen LogP contribution in [0, 0.1) is 0 Å². The summed E-state index contributed by atoms with van der Waals surface area (Å²) in [6.45, 7) is 0.371. The van der Waals surface area contributed by atoms with E-state index in [-0.39, 0.29) is 17.9 Å². The highest BCUT2D eigenvalue weighted by atomic mass is 16.3. The van der Waals surface area contributed by atoms with Crippen molar-refractivity contribution in [3.63, 3.8) is 0 Å². The first-order valence-electron chi connectivity index (χ1n) is 5.57. The quantitative estimate of drug-likeness (QED) is 0.808. The second-order valence-electron chi connectivity index (χ2n) is 3.84. The molecule has 6 nitrogen and oxygen atoms in total. The van der Waals surface area contributed by atoms with E-state index in [9.17, 15) is 4.79 Å². The molecular weight excluding hydrogens is 232 g/mol. The van der Waals surface area contributed by atoms with E-state index >= 15 is 0 Å². The van der Waals surface area contributed by atoms with Gasteiger partial charge in [0.2, 0.25) is 5.95 Å². The SMILES string of the molecule is CN(CCO)c1nnc(-c2ccccc2)c(=O)[nH]1. The number of aromatic amines is 1. The van der Waals surface area contributed by atoms with Gasteiger partial charge in [-0.2, -0.15) is 0 Å². The Labute approximate surface area is 104 Å². The van der Waals surface area contributed by atoms with E-state index in [1.54, 1.807) is 24.1 Å². The molecule has 0 radical (unpaired) electrons. The van der Waals surface area contributed by atoms with E-state index in [1.165, 1.54) is 0 Å². The number of aromatic nitrogens is 3. The van der Waals surface area contributed by atoms with Gasteiger partial charge in [0, 0.05) is 19.2 Å². The number of nitrogens with one attached hydrogen (secondary N) is 1. The Morgan fingerprint density at radius 1 is 1.28 bits per heavy atom. The molecule has 0 amide bonds. The minimum atomic E-state index is -0.295. The normalized spacial score (nSPS) is 10.3. The van der Waals surface area contributed by atoms with Gasteiger partial charge in [0.15, 0.2) is 5.69 Å². The molecule has 0 saturated heterocycles. The molecule has 1 aromatic heterocycles. The fourth-order valence-corrected chi connectivity index (χ4v) is 1.54. The third kappa shape index (κ3) is 2.54. The van der Waals surface area contributed by atoms with Crippen LogP contribution in [0.15, 0.2) is 35.1 Å². The molecule has 2 rings (SSSR count). The van der Waals surface area contributed by atoms with Gasteiger partial charge in [0.25, 0.3) is 5.56 Å². The van der Waals surface area contributed by atoms with Crippen LogP contribution in [-0.2, 0) is 0 Å². The van der Waals surface area contributed by atoms with Crippen LogP contribution in [0.3, 0.4) is 0 Å². The van der Waals surface area contributed by atoms with Crippen LogP contribution in [-0.4, -0.2) is 40.5 Å². The van der Waals surface area contributed by atoms with Crippen molar-refractivity contribution in [3.05, 3.63) is 40.7 Å². The van der Waals surface area contributed by atoms with Gasteiger partial charge in [-0.15, -0.1) is 10.2 Å². The number of anilines is 1. The predicted octanol–water partition coefficient (Wildman–Crippen LogP) is 0.260. The number of rotatable bonds is 4. The van der Waals surface area contributed by atoms with Gasteiger partial charge in [0.1, 0.15) is 0 Å². The lowest BCUT2D eigenvalue weighted by Crippen LogP contribution is -2.27. The van der Waals surface area contributed by atoms with Gasteiger partial charge >= 0.3 is 0 Å². The summed E-state index contributed by atoms with van der Waals surface area (Å²) in [6.07, 6.45) is 0. The molecule has 0 aliphatic rings. The van der Waals surface area contributed by atoms with E-state index in [1.807, 2.05) is 18.2 Å². The topological polar surface area (TPSA) is 82.1 Å². The Balaban J connectivity index is 2.34. The van der Waals surface area contributed by atoms with Gasteiger partial charge in [-0.3, -0.25) is 9.78 Å². The largest absolute Gasteiger partial charge is 0.395 e. The molecule has 0 fully saturated rings. The number of likely N-dealkylation sites (N-methyl/N-ethyl adjacent to an activating group) is 1. The smallest absolute Gasteiger partial charge is 0.279 e. The maximum Gasteiger partial charge on any atom is 0.279 e. The van der Waals surface area contributed by atoms with Gasteiger partial charge in [0.05, 0.1) is 6.61 Å². The zero-order valence-electron chi connectivity index (χ0n) is 10.00. The molecule has 2 aromatic rings. The van der Waals surface area contributed by atoms with Crippen molar-refractivity contribution < 1.29 is 5.11 Å². The number of nitrogens with zero attached hydrogens (tertiary/aromatic N) is 3. The maximum atomic E-state index is 11.9. The summed E-state index contributed by atoms with van der Waals surface area (Å²) in [5.41, 5.74) is 0.718. The third-order valence-corrected chi connectivity index (χ3v) is 2.53. The average Bonchev–Trinajstić information content (AvgIpc) is 2.40. The number of hydrogen-bond acceptors (Lipinski definition) is 5. The summed E-state index contributed by atoms with van der Waals surface area (Å²) in [6, 6.07) is 9.14. The van der Waals surface area contributed by atoms with Crippen LogP contribution in [0.25, 0.3) is 11.3 Å². The van der Waals surface area contributed by atoms with E-state index in [2.05, 4.69) is 15.2 Å². The first-order chi connectivity index (χ1) is 8.72. The Morgan fingerprint density at radius 3 is 2.61 bits per heavy atom. The van der Waals surface area contributed by atoms with Crippen molar-refractivity contribution >= 4 is 5.95 Å². The minimum absolute atomic E-state index is 0.0132. The molecule has 6 heteroatoms. The Kier molecular flexibility index (Phi) is 3.69. The molecule has 0 aliphatic heterocycles. The molecule has 2 N–H and O–H groups in total. The van der Waals surface area contributed by atoms with E-state index in [0.29, 0.717) is 12.5 Å². The zero-order chi connectivity index (χ0) is 13.0. The number of H-pyrrole nitrogens is 1. The molecule has 94 valence electrons. The van der Waals surface area contributed by atoms with Crippen molar-refractivity contribution in [2.45, 2.75) is 0 Å². The van der Waals surface area contributed by atoms with Crippen LogP contribution < -0.4 is 10.5 Å². The Morgan fingerprint density at radius 2 is 2.00 bits per heavy atom. The number of hydrogen-bond donors (Lipinski definition) is 2. The maximum absolute atomic E-state index is 11.9. The molecule has 0 spiro atoms. The van der Waals surface area contributed by atoms with Crippen LogP contribution in [0.1, 0.15) is 0 Å². The summed E-state index contributed by atoms with van der Waals surface area (Å²) < 4.78 is 0. The molecule has 0 atom stereocenters. The molecule has 0 bridgehead atoms. The summed E-state index contributed by atoms with van der Waals surface area (Å²) in [7, 11) is 1.72. The molecule has 0 saturated carbocycles. The van der Waals surface area contributed by atoms with Gasteiger partial charge in [-0.25, -0.2) is 0 Å². The number of benzene rings is 1. The minimum Gasteiger partial charge on any atom is -0.395 e. The summed E-state index contributed by atoms with van der Waals surface area (Å²) >= 11 is 0. The highest BCUT2D eigenvalue weighted by Crippen LogP contribution is 2.11. The first kappa shape index (κ1) is 12.3. The molecule has 0 unspecified atom stereocenters. The fraction of sp³-hybridized carbons (Fsp3) is 0.250. The summed E-state index contributed by atoms with van der Waals surface area (Å²) in [4.78, 5) is 16.2. The standard InChI is InChI=1S/C12H14N4O2/c1-16(7-8-17)12-13-11(18)10(14-15-12)9-5-3-2-4-6-9/h2-6,17H,7-8H2,1H3,(H,13,15,18). The van der Waals surface area contributed by atoms with Crippen molar-refractivity contribution in [3.8, 4) is 11.3 Å². The van der Waals surface area contributed by atoms with E-state index in [0.717, 1.165) is 5.56 Å². The lowest BCUT2D eigenvalue weighted by atomic mass is 10.2. The number of aliphatic hydroxyl groups is 1. The van der Waals surface area contributed by atoms with Crippen molar-refractivity contribution in [2.24, 2.45) is 0 Å².